The molecule has 21 heavy (non-hydrogen) atoms. The van der Waals surface area contributed by atoms with Crippen molar-refractivity contribution in [2.24, 2.45) is 0 Å². The predicted octanol–water partition coefficient (Wildman–Crippen LogP) is 2.81. The second-order valence-corrected chi connectivity index (χ2v) is 6.43. The third-order valence-corrected chi connectivity index (χ3v) is 4.74. The molecule has 3 rings (SSSR count). The van der Waals surface area contributed by atoms with Gasteiger partial charge in [-0.05, 0) is 50.8 Å². The fraction of sp³-hybridized carbons (Fsp3) is 0.667. The number of ether oxygens (including phenoxy) is 1. The molecular formula is C18H28N2O. The summed E-state index contributed by atoms with van der Waals surface area (Å²) in [6, 6.07) is 11.5. The highest BCUT2D eigenvalue weighted by Crippen LogP contribution is 2.16. The van der Waals surface area contributed by atoms with Crippen molar-refractivity contribution in [1.29, 1.82) is 0 Å². The van der Waals surface area contributed by atoms with E-state index in [4.69, 9.17) is 4.74 Å². The van der Waals surface area contributed by atoms with E-state index in [1.54, 1.807) is 0 Å². The lowest BCUT2D eigenvalue weighted by Gasteiger charge is -2.33. The molecule has 2 saturated heterocycles. The molecule has 2 aliphatic rings. The maximum atomic E-state index is 5.80. The summed E-state index contributed by atoms with van der Waals surface area (Å²) in [7, 11) is 0. The summed E-state index contributed by atoms with van der Waals surface area (Å²) in [4.78, 5) is 2.57. The quantitative estimate of drug-likeness (QED) is 0.901. The third kappa shape index (κ3) is 4.80. The van der Waals surface area contributed by atoms with E-state index >= 15 is 0 Å². The van der Waals surface area contributed by atoms with Crippen LogP contribution in [0, 0.1) is 0 Å². The van der Waals surface area contributed by atoms with Crippen molar-refractivity contribution in [3.63, 3.8) is 0 Å². The number of nitrogens with zero attached hydrogens (tertiary/aromatic N) is 1. The van der Waals surface area contributed by atoms with E-state index in [1.807, 2.05) is 0 Å². The van der Waals surface area contributed by atoms with Crippen molar-refractivity contribution in [3.05, 3.63) is 35.9 Å². The molecule has 0 aromatic heterocycles. The molecule has 0 saturated carbocycles. The minimum atomic E-state index is 0.459. The van der Waals surface area contributed by atoms with E-state index in [-0.39, 0.29) is 0 Å². The van der Waals surface area contributed by atoms with Crippen LogP contribution in [0.25, 0.3) is 0 Å². The van der Waals surface area contributed by atoms with Gasteiger partial charge in [0, 0.05) is 25.7 Å². The Labute approximate surface area is 128 Å². The maximum absolute atomic E-state index is 5.80. The normalized spacial score (nSPS) is 25.0. The minimum Gasteiger partial charge on any atom is -0.377 e. The number of likely N-dealkylation sites (tertiary alicyclic amines) is 1. The summed E-state index contributed by atoms with van der Waals surface area (Å²) < 4.78 is 5.80. The van der Waals surface area contributed by atoms with Gasteiger partial charge in [0.15, 0.2) is 0 Å². The summed E-state index contributed by atoms with van der Waals surface area (Å²) in [5.74, 6) is 0. The van der Waals surface area contributed by atoms with Crippen LogP contribution >= 0.6 is 0 Å². The van der Waals surface area contributed by atoms with Gasteiger partial charge in [-0.1, -0.05) is 30.3 Å². The van der Waals surface area contributed by atoms with Crippen LogP contribution in [0.5, 0.6) is 0 Å². The first-order chi connectivity index (χ1) is 10.4. The van der Waals surface area contributed by atoms with Gasteiger partial charge in [0.05, 0.1) is 6.10 Å². The molecule has 1 unspecified atom stereocenters. The van der Waals surface area contributed by atoms with Crippen LogP contribution in [0.1, 0.15) is 37.7 Å². The first kappa shape index (κ1) is 15.0. The van der Waals surface area contributed by atoms with Crippen LogP contribution in [0.15, 0.2) is 30.3 Å². The molecule has 0 amide bonds. The Morgan fingerprint density at radius 1 is 1.05 bits per heavy atom. The van der Waals surface area contributed by atoms with Crippen molar-refractivity contribution in [2.75, 3.05) is 26.2 Å². The second-order valence-electron chi connectivity index (χ2n) is 6.43. The van der Waals surface area contributed by atoms with Gasteiger partial charge in [0.2, 0.25) is 0 Å². The predicted molar refractivity (Wildman–Crippen MR) is 86.3 cm³/mol. The maximum Gasteiger partial charge on any atom is 0.0699 e. The average molecular weight is 288 g/mol. The van der Waals surface area contributed by atoms with Crippen molar-refractivity contribution in [1.82, 2.24) is 10.2 Å². The lowest BCUT2D eigenvalue weighted by Crippen LogP contribution is -2.45. The Morgan fingerprint density at radius 3 is 2.57 bits per heavy atom. The van der Waals surface area contributed by atoms with Crippen LogP contribution in [-0.4, -0.2) is 43.3 Å². The zero-order valence-electron chi connectivity index (χ0n) is 13.0. The Morgan fingerprint density at radius 2 is 1.86 bits per heavy atom. The van der Waals surface area contributed by atoms with Gasteiger partial charge in [-0.3, -0.25) is 4.90 Å². The number of hydrogen-bond donors (Lipinski definition) is 1. The van der Waals surface area contributed by atoms with Gasteiger partial charge in [-0.2, -0.15) is 0 Å². The molecule has 0 spiro atoms. The van der Waals surface area contributed by atoms with Gasteiger partial charge in [-0.25, -0.2) is 0 Å². The van der Waals surface area contributed by atoms with Gasteiger partial charge in [0.25, 0.3) is 0 Å². The van der Waals surface area contributed by atoms with Crippen molar-refractivity contribution in [3.8, 4) is 0 Å². The van der Waals surface area contributed by atoms with Crippen LogP contribution in [0.3, 0.4) is 0 Å². The topological polar surface area (TPSA) is 24.5 Å². The van der Waals surface area contributed by atoms with Gasteiger partial charge >= 0.3 is 0 Å². The Bertz CT molecular complexity index is 395. The summed E-state index contributed by atoms with van der Waals surface area (Å²) >= 11 is 0. The van der Waals surface area contributed by atoms with E-state index in [1.165, 1.54) is 50.8 Å². The molecule has 2 fully saturated rings. The fourth-order valence-corrected chi connectivity index (χ4v) is 3.40. The summed E-state index contributed by atoms with van der Waals surface area (Å²) in [6.45, 7) is 5.51. The van der Waals surface area contributed by atoms with Crippen LogP contribution in [0.2, 0.25) is 0 Å². The summed E-state index contributed by atoms with van der Waals surface area (Å²) in [5.41, 5.74) is 1.43. The third-order valence-electron chi connectivity index (χ3n) is 4.74. The first-order valence-electron chi connectivity index (χ1n) is 8.51. The molecule has 116 valence electrons. The summed E-state index contributed by atoms with van der Waals surface area (Å²) in [6.07, 6.45) is 6.80. The van der Waals surface area contributed by atoms with E-state index < -0.39 is 0 Å². The minimum absolute atomic E-state index is 0.459. The van der Waals surface area contributed by atoms with Gasteiger partial charge in [-0.15, -0.1) is 0 Å². The Hall–Kier alpha value is -0.900. The van der Waals surface area contributed by atoms with Crippen molar-refractivity contribution < 1.29 is 4.74 Å². The largest absolute Gasteiger partial charge is 0.377 e. The van der Waals surface area contributed by atoms with Crippen LogP contribution < -0.4 is 5.32 Å². The van der Waals surface area contributed by atoms with Gasteiger partial charge < -0.3 is 10.1 Å². The molecule has 0 aliphatic carbocycles. The molecule has 2 aliphatic heterocycles. The molecule has 3 heteroatoms. The van der Waals surface area contributed by atoms with Crippen molar-refractivity contribution in [2.45, 2.75) is 50.8 Å². The molecule has 1 aromatic carbocycles. The highest BCUT2D eigenvalue weighted by atomic mass is 16.5. The lowest BCUT2D eigenvalue weighted by molar-refractivity contribution is 0.0139. The monoisotopic (exact) mass is 288 g/mol. The molecular weight excluding hydrogens is 260 g/mol. The number of hydrogen-bond acceptors (Lipinski definition) is 3. The van der Waals surface area contributed by atoms with Gasteiger partial charge in [0.1, 0.15) is 0 Å². The standard InChI is InChI=1S/C18H28N2O/c1-2-6-16(7-3-1)15-20-11-9-17(10-12-20)19-14-18-8-4-5-13-21-18/h1-3,6-7,17-19H,4-5,8-15H2. The average Bonchev–Trinajstić information content (AvgIpc) is 2.56. The van der Waals surface area contributed by atoms with E-state index in [2.05, 4.69) is 40.5 Å². The second kappa shape index (κ2) is 7.92. The van der Waals surface area contributed by atoms with Crippen LogP contribution in [0.4, 0.5) is 0 Å². The van der Waals surface area contributed by atoms with E-state index in [0.29, 0.717) is 12.1 Å². The fourth-order valence-electron chi connectivity index (χ4n) is 3.40. The molecule has 0 bridgehead atoms. The van der Waals surface area contributed by atoms with E-state index in [0.717, 1.165) is 19.7 Å². The Kier molecular flexibility index (Phi) is 5.67. The first-order valence-corrected chi connectivity index (χ1v) is 8.51. The SMILES string of the molecule is c1ccc(CN2CCC(NCC3CCCCO3)CC2)cc1. The molecule has 1 aromatic rings. The van der Waals surface area contributed by atoms with Crippen molar-refractivity contribution >= 4 is 0 Å². The smallest absolute Gasteiger partial charge is 0.0699 e. The number of piperidine rings is 1. The number of nitrogens with one attached hydrogen (secondary N) is 1. The highest BCUT2D eigenvalue weighted by Gasteiger charge is 2.21. The molecule has 0 radical (unpaired) electrons. The Balaban J connectivity index is 1.35. The zero-order valence-corrected chi connectivity index (χ0v) is 13.0. The molecule has 1 N–H and O–H groups in total. The summed E-state index contributed by atoms with van der Waals surface area (Å²) in [5, 5.41) is 3.72. The molecule has 3 nitrogen and oxygen atoms in total. The molecule has 2 heterocycles. The van der Waals surface area contributed by atoms with Crippen LogP contribution in [-0.2, 0) is 11.3 Å². The zero-order chi connectivity index (χ0) is 14.3. The number of rotatable bonds is 5. The molecule has 1 atom stereocenters. The number of benzene rings is 1. The highest BCUT2D eigenvalue weighted by molar-refractivity contribution is 5.14. The lowest BCUT2D eigenvalue weighted by atomic mass is 10.0. The van der Waals surface area contributed by atoms with E-state index in [9.17, 15) is 0 Å².